The van der Waals surface area contributed by atoms with Crippen molar-refractivity contribution < 1.29 is 9.84 Å². The summed E-state index contributed by atoms with van der Waals surface area (Å²) in [5.41, 5.74) is 0.232. The van der Waals surface area contributed by atoms with Gasteiger partial charge in [-0.1, -0.05) is 5.21 Å². The third-order valence-electron chi connectivity index (χ3n) is 3.80. The molecule has 1 saturated heterocycles. The Kier molecular flexibility index (Phi) is 3.67. The monoisotopic (exact) mass is 307 g/mol. The number of hydrogen-bond acceptors (Lipinski definition) is 6. The minimum absolute atomic E-state index is 0.197. The van der Waals surface area contributed by atoms with Gasteiger partial charge in [0.1, 0.15) is 12.3 Å². The molecule has 9 nitrogen and oxygen atoms in total. The lowest BCUT2D eigenvalue weighted by atomic mass is 10.1. The first-order valence-corrected chi connectivity index (χ1v) is 6.96. The molecule has 2 aromatic heterocycles. The maximum Gasteiger partial charge on any atom is 0.330 e. The fourth-order valence-corrected chi connectivity index (χ4v) is 2.66. The number of hydrogen-bond donors (Lipinski definition) is 2. The molecule has 1 aliphatic rings. The summed E-state index contributed by atoms with van der Waals surface area (Å²) < 4.78 is 8.73. The summed E-state index contributed by atoms with van der Waals surface area (Å²) >= 11 is 0. The standard InChI is InChI=1S/C13H17N5O4/c1-7-4-17(13(21)14-12(7)20)11-3-9(10(6-19)22-11)18-5-8(2)15-16-18/h4-5,9-11,19H,3,6H2,1-2H3,(H,14,20,21)/t9-,10+,11+/m0/s1. The summed E-state index contributed by atoms with van der Waals surface area (Å²) in [6, 6.07) is -0.227. The Morgan fingerprint density at radius 3 is 2.82 bits per heavy atom. The first-order chi connectivity index (χ1) is 10.5. The lowest BCUT2D eigenvalue weighted by Crippen LogP contribution is -2.33. The van der Waals surface area contributed by atoms with Crippen LogP contribution >= 0.6 is 0 Å². The molecule has 3 atom stereocenters. The van der Waals surface area contributed by atoms with Gasteiger partial charge < -0.3 is 9.84 Å². The Balaban J connectivity index is 1.93. The predicted molar refractivity (Wildman–Crippen MR) is 75.5 cm³/mol. The Morgan fingerprint density at radius 1 is 1.41 bits per heavy atom. The fourth-order valence-electron chi connectivity index (χ4n) is 2.66. The highest BCUT2D eigenvalue weighted by Gasteiger charge is 2.38. The van der Waals surface area contributed by atoms with Crippen molar-refractivity contribution in [3.8, 4) is 0 Å². The number of nitrogens with one attached hydrogen (secondary N) is 1. The van der Waals surface area contributed by atoms with Gasteiger partial charge in [-0.15, -0.1) is 5.10 Å². The minimum atomic E-state index is -0.574. The van der Waals surface area contributed by atoms with Gasteiger partial charge in [-0.05, 0) is 13.8 Å². The average Bonchev–Trinajstić information content (AvgIpc) is 3.08. The highest BCUT2D eigenvalue weighted by molar-refractivity contribution is 5.02. The van der Waals surface area contributed by atoms with E-state index >= 15 is 0 Å². The summed E-state index contributed by atoms with van der Waals surface area (Å²) in [4.78, 5) is 25.6. The second-order valence-electron chi connectivity index (χ2n) is 5.43. The molecule has 1 fully saturated rings. The molecule has 0 spiro atoms. The zero-order valence-corrected chi connectivity index (χ0v) is 12.3. The third-order valence-corrected chi connectivity index (χ3v) is 3.80. The maximum absolute atomic E-state index is 12.0. The highest BCUT2D eigenvalue weighted by Crippen LogP contribution is 2.35. The largest absolute Gasteiger partial charge is 0.394 e. The van der Waals surface area contributed by atoms with Crippen LogP contribution in [0.5, 0.6) is 0 Å². The number of aliphatic hydroxyl groups excluding tert-OH is 1. The van der Waals surface area contributed by atoms with Crippen molar-refractivity contribution in [1.82, 2.24) is 24.5 Å². The van der Waals surface area contributed by atoms with Crippen molar-refractivity contribution in [3.63, 3.8) is 0 Å². The number of aryl methyl sites for hydroxylation is 2. The normalized spacial score (nSPS) is 24.8. The average molecular weight is 307 g/mol. The molecule has 9 heteroatoms. The highest BCUT2D eigenvalue weighted by atomic mass is 16.5. The lowest BCUT2D eigenvalue weighted by Gasteiger charge is -2.15. The van der Waals surface area contributed by atoms with E-state index in [1.165, 1.54) is 10.8 Å². The summed E-state index contributed by atoms with van der Waals surface area (Å²) in [6.45, 7) is 3.24. The summed E-state index contributed by atoms with van der Waals surface area (Å²) in [5.74, 6) is 0. The van der Waals surface area contributed by atoms with E-state index in [0.717, 1.165) is 5.69 Å². The van der Waals surface area contributed by atoms with E-state index in [-0.39, 0.29) is 12.6 Å². The lowest BCUT2D eigenvalue weighted by molar-refractivity contribution is -0.0323. The Labute approximate surface area is 125 Å². The molecule has 0 saturated carbocycles. The second kappa shape index (κ2) is 5.50. The fraction of sp³-hybridized carbons (Fsp3) is 0.538. The van der Waals surface area contributed by atoms with Gasteiger partial charge in [0.25, 0.3) is 5.56 Å². The topological polar surface area (TPSA) is 115 Å². The Morgan fingerprint density at radius 2 is 2.18 bits per heavy atom. The number of nitrogens with zero attached hydrogens (tertiary/aromatic N) is 4. The van der Waals surface area contributed by atoms with Gasteiger partial charge in [0.05, 0.1) is 18.3 Å². The first-order valence-electron chi connectivity index (χ1n) is 6.96. The number of ether oxygens (including phenoxy) is 1. The Hall–Kier alpha value is -2.26. The van der Waals surface area contributed by atoms with Gasteiger partial charge in [0, 0.05) is 24.4 Å². The van der Waals surface area contributed by atoms with E-state index in [0.29, 0.717) is 12.0 Å². The molecule has 0 bridgehead atoms. The molecular weight excluding hydrogens is 290 g/mol. The van der Waals surface area contributed by atoms with Gasteiger partial charge >= 0.3 is 5.69 Å². The van der Waals surface area contributed by atoms with Crippen LogP contribution in [-0.2, 0) is 4.74 Å². The van der Waals surface area contributed by atoms with E-state index in [9.17, 15) is 14.7 Å². The van der Waals surface area contributed by atoms with Gasteiger partial charge in [0.2, 0.25) is 0 Å². The van der Waals surface area contributed by atoms with Gasteiger partial charge in [-0.2, -0.15) is 0 Å². The molecule has 118 valence electrons. The second-order valence-corrected chi connectivity index (χ2v) is 5.43. The SMILES string of the molecule is Cc1cn([C@H]2C[C@H](n3cc(C)c(=O)[nH]c3=O)O[C@@H]2CO)nn1. The smallest absolute Gasteiger partial charge is 0.330 e. The van der Waals surface area contributed by atoms with Crippen LogP contribution in [0.4, 0.5) is 0 Å². The molecule has 3 heterocycles. The van der Waals surface area contributed by atoms with E-state index in [2.05, 4.69) is 15.3 Å². The molecule has 0 radical (unpaired) electrons. The number of aliphatic hydroxyl groups is 1. The zero-order valence-electron chi connectivity index (χ0n) is 12.3. The van der Waals surface area contributed by atoms with Crippen LogP contribution in [0.2, 0.25) is 0 Å². The van der Waals surface area contributed by atoms with Crippen LogP contribution in [0.15, 0.2) is 22.0 Å². The molecule has 0 aromatic carbocycles. The molecule has 3 rings (SSSR count). The van der Waals surface area contributed by atoms with Crippen LogP contribution in [0.3, 0.4) is 0 Å². The number of aromatic amines is 1. The molecular formula is C13H17N5O4. The van der Waals surface area contributed by atoms with Crippen molar-refractivity contribution in [3.05, 3.63) is 44.5 Å². The number of aromatic nitrogens is 5. The predicted octanol–water partition coefficient (Wildman–Crippen LogP) is -0.734. The zero-order chi connectivity index (χ0) is 15.9. The molecule has 0 amide bonds. The number of H-pyrrole nitrogens is 1. The molecule has 1 aliphatic heterocycles. The summed E-state index contributed by atoms with van der Waals surface area (Å²) in [7, 11) is 0. The van der Waals surface area contributed by atoms with Crippen molar-refractivity contribution in [1.29, 1.82) is 0 Å². The van der Waals surface area contributed by atoms with Crippen LogP contribution in [0, 0.1) is 13.8 Å². The van der Waals surface area contributed by atoms with Gasteiger partial charge in [-0.25, -0.2) is 9.48 Å². The van der Waals surface area contributed by atoms with Crippen molar-refractivity contribution in [2.75, 3.05) is 6.61 Å². The van der Waals surface area contributed by atoms with E-state index in [4.69, 9.17) is 4.74 Å². The Bertz CT molecular complexity index is 792. The quantitative estimate of drug-likeness (QED) is 0.772. The summed E-state index contributed by atoms with van der Waals surface area (Å²) in [6.07, 6.45) is 2.61. The number of rotatable bonds is 3. The minimum Gasteiger partial charge on any atom is -0.394 e. The van der Waals surface area contributed by atoms with E-state index in [1.807, 2.05) is 6.92 Å². The van der Waals surface area contributed by atoms with Crippen LogP contribution in [-0.4, -0.2) is 42.4 Å². The molecule has 0 aliphatic carbocycles. The molecule has 22 heavy (non-hydrogen) atoms. The van der Waals surface area contributed by atoms with Crippen LogP contribution < -0.4 is 11.2 Å². The third kappa shape index (κ3) is 2.48. The summed E-state index contributed by atoms with van der Waals surface area (Å²) in [5, 5.41) is 17.4. The molecule has 2 N–H and O–H groups in total. The van der Waals surface area contributed by atoms with Crippen LogP contribution in [0.25, 0.3) is 0 Å². The van der Waals surface area contributed by atoms with Crippen molar-refractivity contribution >= 4 is 0 Å². The van der Waals surface area contributed by atoms with Gasteiger partial charge in [0.15, 0.2) is 0 Å². The van der Waals surface area contributed by atoms with Crippen molar-refractivity contribution in [2.45, 2.75) is 38.6 Å². The molecule has 2 aromatic rings. The van der Waals surface area contributed by atoms with E-state index in [1.54, 1.807) is 17.8 Å². The van der Waals surface area contributed by atoms with Crippen molar-refractivity contribution in [2.24, 2.45) is 0 Å². The maximum atomic E-state index is 12.0. The van der Waals surface area contributed by atoms with Crippen LogP contribution in [0.1, 0.15) is 29.9 Å². The first kappa shape index (κ1) is 14.7. The van der Waals surface area contributed by atoms with E-state index < -0.39 is 23.6 Å². The van der Waals surface area contributed by atoms with Gasteiger partial charge in [-0.3, -0.25) is 14.3 Å². The molecule has 0 unspecified atom stereocenters.